The van der Waals surface area contributed by atoms with Crippen molar-refractivity contribution in [3.63, 3.8) is 0 Å². The molecule has 0 aliphatic carbocycles. The van der Waals surface area contributed by atoms with Gasteiger partial charge in [-0.15, -0.1) is 11.3 Å². The van der Waals surface area contributed by atoms with Crippen LogP contribution < -0.4 is 5.32 Å². The number of carbonyl (C=O) groups is 1. The van der Waals surface area contributed by atoms with Gasteiger partial charge in [-0.3, -0.25) is 4.79 Å². The molecular formula is C19H16Cl2N2O3S2. The van der Waals surface area contributed by atoms with E-state index in [1.54, 1.807) is 12.1 Å². The zero-order chi connectivity index (χ0) is 20.5. The number of hydrogen-bond acceptors (Lipinski definition) is 5. The van der Waals surface area contributed by atoms with Crippen LogP contribution in [0.2, 0.25) is 10.0 Å². The lowest BCUT2D eigenvalue weighted by atomic mass is 10.1. The van der Waals surface area contributed by atoms with Crippen LogP contribution in [0.4, 0.5) is 0 Å². The van der Waals surface area contributed by atoms with Gasteiger partial charge >= 0.3 is 0 Å². The van der Waals surface area contributed by atoms with Crippen molar-refractivity contribution in [2.75, 3.05) is 6.26 Å². The molecule has 3 aromatic rings. The molecule has 2 aromatic carbocycles. The highest BCUT2D eigenvalue weighted by Gasteiger charge is 2.16. The molecule has 0 radical (unpaired) electrons. The molecule has 5 nitrogen and oxygen atoms in total. The minimum atomic E-state index is -3.52. The van der Waals surface area contributed by atoms with Gasteiger partial charge in [0.05, 0.1) is 22.2 Å². The summed E-state index contributed by atoms with van der Waals surface area (Å²) in [5.74, 6) is -0.400. The fourth-order valence-corrected chi connectivity index (χ4v) is 4.91. The molecule has 0 unspecified atom stereocenters. The van der Waals surface area contributed by atoms with E-state index in [1.807, 2.05) is 19.1 Å². The van der Waals surface area contributed by atoms with Crippen LogP contribution in [-0.4, -0.2) is 25.6 Å². The fourth-order valence-electron chi connectivity index (χ4n) is 2.59. The average Bonchev–Trinajstić information content (AvgIpc) is 3.00. The van der Waals surface area contributed by atoms with E-state index in [4.69, 9.17) is 23.2 Å². The standard InChI is InChI=1S/C19H16Cl2N2O3S2/c1-11-18(12-3-6-14(20)7-4-12)23-17(27-11)10-22-19(24)13-5-8-15(21)16(9-13)28(2,25)26/h3-9H,10H2,1-2H3,(H,22,24). The zero-order valence-electron chi connectivity index (χ0n) is 15.0. The number of aromatic nitrogens is 1. The van der Waals surface area contributed by atoms with Crippen molar-refractivity contribution in [1.29, 1.82) is 0 Å². The summed E-state index contributed by atoms with van der Waals surface area (Å²) in [5, 5.41) is 4.25. The lowest BCUT2D eigenvalue weighted by Crippen LogP contribution is -2.23. The topological polar surface area (TPSA) is 76.1 Å². The Bertz CT molecular complexity index is 1140. The second kappa shape index (κ2) is 8.21. The molecule has 0 saturated carbocycles. The molecule has 0 fully saturated rings. The van der Waals surface area contributed by atoms with Gasteiger partial charge in [-0.25, -0.2) is 13.4 Å². The molecule has 0 spiro atoms. The van der Waals surface area contributed by atoms with Gasteiger partial charge in [0.1, 0.15) is 5.01 Å². The number of nitrogens with zero attached hydrogens (tertiary/aromatic N) is 1. The van der Waals surface area contributed by atoms with Crippen molar-refractivity contribution in [1.82, 2.24) is 10.3 Å². The average molecular weight is 455 g/mol. The van der Waals surface area contributed by atoms with Gasteiger partial charge in [0.15, 0.2) is 9.84 Å². The van der Waals surface area contributed by atoms with Crippen LogP contribution in [0.3, 0.4) is 0 Å². The second-order valence-electron chi connectivity index (χ2n) is 6.12. The van der Waals surface area contributed by atoms with Gasteiger partial charge in [-0.05, 0) is 37.3 Å². The second-order valence-corrected chi connectivity index (χ2v) is 10.2. The molecule has 28 heavy (non-hydrogen) atoms. The summed E-state index contributed by atoms with van der Waals surface area (Å²) in [6.07, 6.45) is 1.05. The third-order valence-corrected chi connectivity index (χ3v) is 6.75. The molecule has 0 atom stereocenters. The third-order valence-electron chi connectivity index (χ3n) is 3.95. The number of sulfone groups is 1. The first-order valence-electron chi connectivity index (χ1n) is 8.15. The SMILES string of the molecule is Cc1sc(CNC(=O)c2ccc(Cl)c(S(C)(=O)=O)c2)nc1-c1ccc(Cl)cc1. The van der Waals surface area contributed by atoms with E-state index in [9.17, 15) is 13.2 Å². The number of amides is 1. The van der Waals surface area contributed by atoms with Crippen LogP contribution in [0.1, 0.15) is 20.2 Å². The molecular weight excluding hydrogens is 439 g/mol. The highest BCUT2D eigenvalue weighted by molar-refractivity contribution is 7.90. The predicted octanol–water partition coefficient (Wildman–Crippen LogP) is 4.76. The first-order chi connectivity index (χ1) is 13.1. The van der Waals surface area contributed by atoms with Crippen LogP contribution in [0.15, 0.2) is 47.4 Å². The lowest BCUT2D eigenvalue weighted by Gasteiger charge is -2.07. The Kier molecular flexibility index (Phi) is 6.09. The zero-order valence-corrected chi connectivity index (χ0v) is 18.1. The number of rotatable bonds is 5. The number of nitrogens with one attached hydrogen (secondary N) is 1. The van der Waals surface area contributed by atoms with Gasteiger partial charge in [0.2, 0.25) is 0 Å². The van der Waals surface area contributed by atoms with Crippen LogP contribution in [0, 0.1) is 6.92 Å². The normalized spacial score (nSPS) is 11.4. The predicted molar refractivity (Wildman–Crippen MR) is 113 cm³/mol. The quantitative estimate of drug-likeness (QED) is 0.602. The van der Waals surface area contributed by atoms with Crippen molar-refractivity contribution < 1.29 is 13.2 Å². The van der Waals surface area contributed by atoms with Crippen molar-refractivity contribution >= 4 is 50.3 Å². The van der Waals surface area contributed by atoms with Crippen LogP contribution in [0.25, 0.3) is 11.3 Å². The Morgan fingerprint density at radius 3 is 2.46 bits per heavy atom. The van der Waals surface area contributed by atoms with Crippen molar-refractivity contribution in [3.8, 4) is 11.3 Å². The Morgan fingerprint density at radius 1 is 1.14 bits per heavy atom. The Hall–Kier alpha value is -1.93. The molecule has 1 N–H and O–H groups in total. The van der Waals surface area contributed by atoms with Gasteiger partial charge in [0, 0.05) is 27.3 Å². The number of benzene rings is 2. The number of aryl methyl sites for hydroxylation is 1. The summed E-state index contributed by atoms with van der Waals surface area (Å²) < 4.78 is 23.5. The molecule has 9 heteroatoms. The Labute approximate surface area is 177 Å². The van der Waals surface area contributed by atoms with Gasteiger partial charge in [-0.1, -0.05) is 35.3 Å². The van der Waals surface area contributed by atoms with E-state index in [-0.39, 0.29) is 22.0 Å². The molecule has 0 bridgehead atoms. The molecule has 0 aliphatic heterocycles. The summed E-state index contributed by atoms with van der Waals surface area (Å²) in [5.41, 5.74) is 2.01. The van der Waals surface area contributed by atoms with E-state index in [2.05, 4.69) is 10.3 Å². The number of hydrogen-bond donors (Lipinski definition) is 1. The maximum atomic E-state index is 12.4. The molecule has 0 aliphatic rings. The first kappa shape index (κ1) is 20.8. The lowest BCUT2D eigenvalue weighted by molar-refractivity contribution is 0.0950. The summed E-state index contributed by atoms with van der Waals surface area (Å²) in [6.45, 7) is 2.19. The Balaban J connectivity index is 1.75. The minimum absolute atomic E-state index is 0.0723. The van der Waals surface area contributed by atoms with E-state index in [0.29, 0.717) is 5.02 Å². The summed E-state index contributed by atoms with van der Waals surface area (Å²) >= 11 is 13.3. The third kappa shape index (κ3) is 4.72. The maximum absolute atomic E-state index is 12.4. The fraction of sp³-hybridized carbons (Fsp3) is 0.158. The molecule has 1 aromatic heterocycles. The highest BCUT2D eigenvalue weighted by Crippen LogP contribution is 2.28. The van der Waals surface area contributed by atoms with E-state index < -0.39 is 15.7 Å². The molecule has 0 saturated heterocycles. The van der Waals surface area contributed by atoms with Crippen molar-refractivity contribution in [2.24, 2.45) is 0 Å². The van der Waals surface area contributed by atoms with Gasteiger partial charge in [-0.2, -0.15) is 0 Å². The maximum Gasteiger partial charge on any atom is 0.251 e. The first-order valence-corrected chi connectivity index (χ1v) is 11.6. The van der Waals surface area contributed by atoms with E-state index in [1.165, 1.54) is 29.5 Å². The summed E-state index contributed by atoms with van der Waals surface area (Å²) in [4.78, 5) is 18.0. The molecule has 1 amide bonds. The van der Waals surface area contributed by atoms with Crippen LogP contribution in [0.5, 0.6) is 0 Å². The van der Waals surface area contributed by atoms with Crippen molar-refractivity contribution in [3.05, 3.63) is 68.0 Å². The van der Waals surface area contributed by atoms with E-state index in [0.717, 1.165) is 27.4 Å². The summed E-state index contributed by atoms with van der Waals surface area (Å²) in [6, 6.07) is 11.6. The largest absolute Gasteiger partial charge is 0.346 e. The molecule has 146 valence electrons. The van der Waals surface area contributed by atoms with Crippen LogP contribution >= 0.6 is 34.5 Å². The Morgan fingerprint density at radius 2 is 1.82 bits per heavy atom. The summed E-state index contributed by atoms with van der Waals surface area (Å²) in [7, 11) is -3.52. The number of carbonyl (C=O) groups excluding carboxylic acids is 1. The monoisotopic (exact) mass is 454 g/mol. The smallest absolute Gasteiger partial charge is 0.251 e. The molecule has 3 rings (SSSR count). The number of halogens is 2. The minimum Gasteiger partial charge on any atom is -0.346 e. The van der Waals surface area contributed by atoms with Crippen molar-refractivity contribution in [2.45, 2.75) is 18.4 Å². The van der Waals surface area contributed by atoms with Gasteiger partial charge in [0.25, 0.3) is 5.91 Å². The highest BCUT2D eigenvalue weighted by atomic mass is 35.5. The van der Waals surface area contributed by atoms with Crippen LogP contribution in [-0.2, 0) is 16.4 Å². The molecule has 1 heterocycles. The van der Waals surface area contributed by atoms with E-state index >= 15 is 0 Å². The van der Waals surface area contributed by atoms with Gasteiger partial charge < -0.3 is 5.32 Å². The number of thiazole rings is 1.